The summed E-state index contributed by atoms with van der Waals surface area (Å²) in [5.74, 6) is 0. The van der Waals surface area contributed by atoms with Crippen LogP contribution in [0.25, 0.3) is 0 Å². The van der Waals surface area contributed by atoms with Crippen LogP contribution in [0.1, 0.15) is 30.0 Å². The summed E-state index contributed by atoms with van der Waals surface area (Å²) in [5.41, 5.74) is 2.41. The van der Waals surface area contributed by atoms with E-state index < -0.39 is 10.0 Å². The number of benzene rings is 2. The van der Waals surface area contributed by atoms with Gasteiger partial charge in [-0.3, -0.25) is 0 Å². The third-order valence-electron chi connectivity index (χ3n) is 4.54. The highest BCUT2D eigenvalue weighted by atomic mass is 32.2. The lowest BCUT2D eigenvalue weighted by Crippen LogP contribution is -2.30. The molecule has 25 heavy (non-hydrogen) atoms. The Morgan fingerprint density at radius 2 is 1.92 bits per heavy atom. The van der Waals surface area contributed by atoms with Gasteiger partial charge in [-0.1, -0.05) is 18.2 Å². The fourth-order valence-corrected chi connectivity index (χ4v) is 4.96. The molecule has 1 aliphatic rings. The van der Waals surface area contributed by atoms with Crippen LogP contribution < -0.4 is 4.90 Å². The average molecular weight is 355 g/mol. The highest BCUT2D eigenvalue weighted by Gasteiger charge is 2.36. The fourth-order valence-electron chi connectivity index (χ4n) is 3.23. The predicted molar refractivity (Wildman–Crippen MR) is 97.8 cm³/mol. The monoisotopic (exact) mass is 355 g/mol. The maximum absolute atomic E-state index is 13.1. The Morgan fingerprint density at radius 1 is 1.16 bits per heavy atom. The zero-order chi connectivity index (χ0) is 18.0. The minimum Gasteiger partial charge on any atom is -0.378 e. The summed E-state index contributed by atoms with van der Waals surface area (Å²) in [6, 6.07) is 16.1. The van der Waals surface area contributed by atoms with Crippen molar-refractivity contribution in [1.82, 2.24) is 4.31 Å². The Labute approximate surface area is 149 Å². The van der Waals surface area contributed by atoms with E-state index in [0.717, 1.165) is 24.1 Å². The summed E-state index contributed by atoms with van der Waals surface area (Å²) in [6.45, 7) is 0.496. The van der Waals surface area contributed by atoms with Crippen molar-refractivity contribution in [3.05, 3.63) is 59.7 Å². The molecular weight excluding hydrogens is 334 g/mol. The summed E-state index contributed by atoms with van der Waals surface area (Å²) < 4.78 is 27.8. The van der Waals surface area contributed by atoms with E-state index in [1.54, 1.807) is 22.5 Å². The molecule has 1 fully saturated rings. The molecule has 2 aromatic carbocycles. The van der Waals surface area contributed by atoms with E-state index in [0.29, 0.717) is 12.1 Å². The van der Waals surface area contributed by atoms with Crippen molar-refractivity contribution in [2.24, 2.45) is 0 Å². The molecule has 1 saturated heterocycles. The van der Waals surface area contributed by atoms with Crippen molar-refractivity contribution in [2.45, 2.75) is 23.8 Å². The van der Waals surface area contributed by atoms with Gasteiger partial charge < -0.3 is 4.90 Å². The topological polar surface area (TPSA) is 64.4 Å². The number of nitrogens with zero attached hydrogens (tertiary/aromatic N) is 3. The maximum Gasteiger partial charge on any atom is 0.243 e. The zero-order valence-corrected chi connectivity index (χ0v) is 15.2. The molecule has 0 aliphatic carbocycles. The number of anilines is 1. The lowest BCUT2D eigenvalue weighted by molar-refractivity contribution is 0.396. The van der Waals surface area contributed by atoms with Gasteiger partial charge in [0, 0.05) is 26.3 Å². The predicted octanol–water partition coefficient (Wildman–Crippen LogP) is 3.15. The second-order valence-corrected chi connectivity index (χ2v) is 8.29. The first-order chi connectivity index (χ1) is 11.9. The minimum atomic E-state index is -3.63. The molecule has 0 bridgehead atoms. The SMILES string of the molecule is CN(C)c1cccc(C2CCCN2S(=O)(=O)c2cccc(C#N)c2)c1. The van der Waals surface area contributed by atoms with Crippen molar-refractivity contribution in [1.29, 1.82) is 5.26 Å². The Balaban J connectivity index is 1.98. The van der Waals surface area contributed by atoms with E-state index in [1.807, 2.05) is 49.3 Å². The van der Waals surface area contributed by atoms with E-state index in [2.05, 4.69) is 0 Å². The van der Waals surface area contributed by atoms with Gasteiger partial charge in [0.1, 0.15) is 0 Å². The van der Waals surface area contributed by atoms with Crippen LogP contribution in [0.4, 0.5) is 5.69 Å². The van der Waals surface area contributed by atoms with E-state index >= 15 is 0 Å². The molecule has 3 rings (SSSR count). The Hall–Kier alpha value is -2.36. The van der Waals surface area contributed by atoms with Crippen LogP contribution in [-0.2, 0) is 10.0 Å². The van der Waals surface area contributed by atoms with Crippen molar-refractivity contribution in [2.75, 3.05) is 25.5 Å². The first-order valence-corrected chi connectivity index (χ1v) is 9.67. The number of hydrogen-bond acceptors (Lipinski definition) is 4. The third-order valence-corrected chi connectivity index (χ3v) is 6.45. The largest absolute Gasteiger partial charge is 0.378 e. The second kappa shape index (κ2) is 6.87. The average Bonchev–Trinajstić information content (AvgIpc) is 3.12. The van der Waals surface area contributed by atoms with Gasteiger partial charge >= 0.3 is 0 Å². The van der Waals surface area contributed by atoms with Crippen molar-refractivity contribution < 1.29 is 8.42 Å². The van der Waals surface area contributed by atoms with Gasteiger partial charge in [-0.15, -0.1) is 0 Å². The highest BCUT2D eigenvalue weighted by molar-refractivity contribution is 7.89. The summed E-state index contributed by atoms with van der Waals surface area (Å²) in [5, 5.41) is 9.04. The van der Waals surface area contributed by atoms with E-state index in [4.69, 9.17) is 5.26 Å². The summed E-state index contributed by atoms with van der Waals surface area (Å²) >= 11 is 0. The Morgan fingerprint density at radius 3 is 2.64 bits per heavy atom. The number of nitriles is 1. The van der Waals surface area contributed by atoms with E-state index in [-0.39, 0.29) is 10.9 Å². The maximum atomic E-state index is 13.1. The van der Waals surface area contributed by atoms with Crippen molar-refractivity contribution in [3.8, 4) is 6.07 Å². The Kier molecular flexibility index (Phi) is 4.80. The molecule has 0 N–H and O–H groups in total. The lowest BCUT2D eigenvalue weighted by Gasteiger charge is -2.25. The molecule has 1 atom stereocenters. The molecule has 1 aliphatic heterocycles. The van der Waals surface area contributed by atoms with Gasteiger partial charge in [0.05, 0.1) is 22.6 Å². The second-order valence-electron chi connectivity index (χ2n) is 6.40. The standard InChI is InChI=1S/C19H21N3O2S/c1-21(2)17-8-4-7-16(13-17)19-10-5-11-22(19)25(23,24)18-9-3-6-15(12-18)14-20/h3-4,6-9,12-13,19H,5,10-11H2,1-2H3. The minimum absolute atomic E-state index is 0.171. The quantitative estimate of drug-likeness (QED) is 0.845. The molecule has 0 spiro atoms. The zero-order valence-electron chi connectivity index (χ0n) is 14.4. The van der Waals surface area contributed by atoms with Crippen LogP contribution in [0, 0.1) is 11.3 Å². The van der Waals surface area contributed by atoms with Gasteiger partial charge in [-0.05, 0) is 48.7 Å². The number of sulfonamides is 1. The van der Waals surface area contributed by atoms with Crippen LogP contribution in [-0.4, -0.2) is 33.4 Å². The molecule has 5 nitrogen and oxygen atoms in total. The smallest absolute Gasteiger partial charge is 0.243 e. The molecule has 1 unspecified atom stereocenters. The van der Waals surface area contributed by atoms with Gasteiger partial charge in [0.2, 0.25) is 10.0 Å². The van der Waals surface area contributed by atoms with E-state index in [1.165, 1.54) is 6.07 Å². The first kappa shape index (κ1) is 17.5. The molecule has 1 heterocycles. The van der Waals surface area contributed by atoms with Gasteiger partial charge in [0.25, 0.3) is 0 Å². The molecule has 0 saturated carbocycles. The molecular formula is C19H21N3O2S. The number of rotatable bonds is 4. The van der Waals surface area contributed by atoms with Gasteiger partial charge in [0.15, 0.2) is 0 Å². The summed E-state index contributed by atoms with van der Waals surface area (Å²) in [7, 11) is 0.303. The molecule has 0 radical (unpaired) electrons. The molecule has 130 valence electrons. The number of hydrogen-bond donors (Lipinski definition) is 0. The van der Waals surface area contributed by atoms with Gasteiger partial charge in [-0.2, -0.15) is 9.57 Å². The molecule has 2 aromatic rings. The molecule has 6 heteroatoms. The first-order valence-electron chi connectivity index (χ1n) is 8.23. The molecule has 0 amide bonds. The van der Waals surface area contributed by atoms with Crippen LogP contribution >= 0.6 is 0 Å². The third kappa shape index (κ3) is 3.39. The fraction of sp³-hybridized carbons (Fsp3) is 0.316. The summed E-state index contributed by atoms with van der Waals surface area (Å²) in [4.78, 5) is 2.19. The highest BCUT2D eigenvalue weighted by Crippen LogP contribution is 2.37. The van der Waals surface area contributed by atoms with Crippen LogP contribution in [0.3, 0.4) is 0 Å². The van der Waals surface area contributed by atoms with Crippen LogP contribution in [0.15, 0.2) is 53.4 Å². The Bertz CT molecular complexity index is 916. The van der Waals surface area contributed by atoms with Crippen LogP contribution in [0.2, 0.25) is 0 Å². The normalized spacial score (nSPS) is 18.0. The van der Waals surface area contributed by atoms with E-state index in [9.17, 15) is 8.42 Å². The van der Waals surface area contributed by atoms with Crippen molar-refractivity contribution >= 4 is 15.7 Å². The van der Waals surface area contributed by atoms with Crippen molar-refractivity contribution in [3.63, 3.8) is 0 Å². The van der Waals surface area contributed by atoms with Gasteiger partial charge in [-0.25, -0.2) is 8.42 Å². The lowest BCUT2D eigenvalue weighted by atomic mass is 10.0. The summed E-state index contributed by atoms with van der Waals surface area (Å²) in [6.07, 6.45) is 1.63. The van der Waals surface area contributed by atoms with Crippen LogP contribution in [0.5, 0.6) is 0 Å². The molecule has 0 aromatic heterocycles.